The van der Waals surface area contributed by atoms with Crippen molar-refractivity contribution in [1.29, 1.82) is 0 Å². The van der Waals surface area contributed by atoms with Gasteiger partial charge in [-0.2, -0.15) is 4.98 Å². The summed E-state index contributed by atoms with van der Waals surface area (Å²) >= 11 is 6.25. The average molecular weight is 427 g/mol. The number of carbonyl (C=O) groups excluding carboxylic acids is 1. The van der Waals surface area contributed by atoms with Crippen molar-refractivity contribution in [3.63, 3.8) is 0 Å². The number of ether oxygens (including phenoxy) is 1. The van der Waals surface area contributed by atoms with E-state index in [0.717, 1.165) is 36.3 Å². The molecule has 1 aliphatic rings. The van der Waals surface area contributed by atoms with Crippen molar-refractivity contribution in [2.45, 2.75) is 19.8 Å². The van der Waals surface area contributed by atoms with Gasteiger partial charge in [-0.05, 0) is 61.7 Å². The maximum atomic E-state index is 12.8. The van der Waals surface area contributed by atoms with Gasteiger partial charge in [0.25, 0.3) is 0 Å². The summed E-state index contributed by atoms with van der Waals surface area (Å²) in [5, 5.41) is 7.57. The second-order valence-electron chi connectivity index (χ2n) is 7.39. The Kier molecular flexibility index (Phi) is 5.90. The van der Waals surface area contributed by atoms with Crippen LogP contribution in [-0.4, -0.2) is 36.2 Å². The number of benzene rings is 2. The van der Waals surface area contributed by atoms with E-state index in [1.54, 1.807) is 7.11 Å². The summed E-state index contributed by atoms with van der Waals surface area (Å²) in [5.74, 6) is 1.03. The first-order valence-electron chi connectivity index (χ1n) is 9.83. The number of hydrogen-bond donors (Lipinski definition) is 1. The van der Waals surface area contributed by atoms with Crippen LogP contribution in [0.2, 0.25) is 5.02 Å². The van der Waals surface area contributed by atoms with Gasteiger partial charge in [0.05, 0.1) is 23.7 Å². The summed E-state index contributed by atoms with van der Waals surface area (Å²) in [4.78, 5) is 19.3. The molecule has 1 aromatic heterocycles. The average Bonchev–Trinajstić information content (AvgIpc) is 3.26. The fourth-order valence-corrected chi connectivity index (χ4v) is 3.80. The van der Waals surface area contributed by atoms with Crippen LogP contribution in [0.5, 0.6) is 5.75 Å². The smallest absolute Gasteiger partial charge is 0.324 e. The van der Waals surface area contributed by atoms with Crippen molar-refractivity contribution < 1.29 is 14.1 Å². The van der Waals surface area contributed by atoms with Crippen LogP contribution in [0.15, 0.2) is 47.0 Å². The van der Waals surface area contributed by atoms with Crippen LogP contribution in [0.25, 0.3) is 11.4 Å². The zero-order valence-corrected chi connectivity index (χ0v) is 17.6. The van der Waals surface area contributed by atoms with Crippen LogP contribution in [0.3, 0.4) is 0 Å². The van der Waals surface area contributed by atoms with Gasteiger partial charge in [-0.25, -0.2) is 0 Å². The van der Waals surface area contributed by atoms with E-state index in [1.807, 2.05) is 54.3 Å². The molecule has 0 radical (unpaired) electrons. The van der Waals surface area contributed by atoms with Crippen molar-refractivity contribution in [3.8, 4) is 17.1 Å². The largest absolute Gasteiger partial charge is 0.497 e. The highest BCUT2D eigenvalue weighted by Crippen LogP contribution is 2.28. The second kappa shape index (κ2) is 8.75. The fraction of sp³-hybridized carbons (Fsp3) is 0.318. The van der Waals surface area contributed by atoms with E-state index in [4.69, 9.17) is 20.9 Å². The summed E-state index contributed by atoms with van der Waals surface area (Å²) in [6.07, 6.45) is 1.66. The first-order chi connectivity index (χ1) is 14.5. The first kappa shape index (κ1) is 20.2. The number of carbonyl (C=O) groups is 1. The topological polar surface area (TPSA) is 80.5 Å². The third kappa shape index (κ3) is 4.41. The van der Waals surface area contributed by atoms with Crippen LogP contribution in [0.4, 0.5) is 11.7 Å². The highest BCUT2D eigenvalue weighted by Gasteiger charge is 2.29. The number of methoxy groups -OCH3 is 1. The van der Waals surface area contributed by atoms with Gasteiger partial charge in [0, 0.05) is 18.7 Å². The molecule has 0 saturated carbocycles. The molecular weight excluding hydrogens is 404 g/mol. The summed E-state index contributed by atoms with van der Waals surface area (Å²) in [7, 11) is 1.62. The van der Waals surface area contributed by atoms with Gasteiger partial charge in [0.2, 0.25) is 11.7 Å². The molecule has 0 bridgehead atoms. The molecule has 1 fully saturated rings. The number of anilines is 2. The van der Waals surface area contributed by atoms with Crippen molar-refractivity contribution in [3.05, 3.63) is 53.1 Å². The lowest BCUT2D eigenvalue weighted by molar-refractivity contribution is -0.120. The zero-order chi connectivity index (χ0) is 21.1. The van der Waals surface area contributed by atoms with Crippen LogP contribution < -0.4 is 15.0 Å². The third-order valence-corrected chi connectivity index (χ3v) is 5.52. The van der Waals surface area contributed by atoms with Gasteiger partial charge in [-0.15, -0.1) is 0 Å². The Labute approximate surface area is 180 Å². The van der Waals surface area contributed by atoms with E-state index in [9.17, 15) is 4.79 Å². The predicted octanol–water partition coefficient (Wildman–Crippen LogP) is 4.56. The molecule has 1 aliphatic heterocycles. The number of piperidine rings is 1. The molecule has 7 nitrogen and oxygen atoms in total. The standard InChI is InChI=1S/C22H23ClN4O3/c1-14-5-10-19(18(23)12-14)24-21(28)16-4-3-11-27(13-16)22-25-20(26-30-22)15-6-8-17(29-2)9-7-15/h5-10,12,16H,3-4,11,13H2,1-2H3,(H,24,28). The highest BCUT2D eigenvalue weighted by atomic mass is 35.5. The molecule has 2 heterocycles. The number of amides is 1. The zero-order valence-electron chi connectivity index (χ0n) is 16.9. The van der Waals surface area contributed by atoms with Gasteiger partial charge in [0.1, 0.15) is 5.75 Å². The van der Waals surface area contributed by atoms with E-state index in [0.29, 0.717) is 29.1 Å². The van der Waals surface area contributed by atoms with Crippen LogP contribution in [0, 0.1) is 12.8 Å². The third-order valence-electron chi connectivity index (χ3n) is 5.21. The van der Waals surface area contributed by atoms with Gasteiger partial charge in [0.15, 0.2) is 0 Å². The van der Waals surface area contributed by atoms with Crippen LogP contribution in [0.1, 0.15) is 18.4 Å². The maximum Gasteiger partial charge on any atom is 0.324 e. The van der Waals surface area contributed by atoms with Gasteiger partial charge in [-0.3, -0.25) is 4.79 Å². The number of nitrogens with zero attached hydrogens (tertiary/aromatic N) is 3. The van der Waals surface area contributed by atoms with Gasteiger partial charge < -0.3 is 19.5 Å². The van der Waals surface area contributed by atoms with Crippen LogP contribution in [-0.2, 0) is 4.79 Å². The molecule has 1 atom stereocenters. The van der Waals surface area contributed by atoms with Crippen LogP contribution >= 0.6 is 11.6 Å². The Hall–Kier alpha value is -3.06. The minimum absolute atomic E-state index is 0.0552. The normalized spacial score (nSPS) is 16.4. The number of halogens is 1. The second-order valence-corrected chi connectivity index (χ2v) is 7.79. The number of hydrogen-bond acceptors (Lipinski definition) is 6. The fourth-order valence-electron chi connectivity index (χ4n) is 3.52. The Bertz CT molecular complexity index is 1040. The molecule has 4 rings (SSSR count). The summed E-state index contributed by atoms with van der Waals surface area (Å²) in [5.41, 5.74) is 2.51. The van der Waals surface area contributed by atoms with Crippen molar-refractivity contribution in [2.75, 3.05) is 30.4 Å². The lowest BCUT2D eigenvalue weighted by Crippen LogP contribution is -2.41. The number of nitrogens with one attached hydrogen (secondary N) is 1. The summed E-state index contributed by atoms with van der Waals surface area (Å²) < 4.78 is 10.7. The lowest BCUT2D eigenvalue weighted by atomic mass is 9.97. The number of rotatable bonds is 5. The number of aromatic nitrogens is 2. The molecule has 1 N–H and O–H groups in total. The molecule has 0 aliphatic carbocycles. The van der Waals surface area contributed by atoms with E-state index >= 15 is 0 Å². The van der Waals surface area contributed by atoms with Crippen molar-refractivity contribution in [1.82, 2.24) is 10.1 Å². The molecule has 0 spiro atoms. The van der Waals surface area contributed by atoms with Gasteiger partial charge in [-0.1, -0.05) is 22.8 Å². The highest BCUT2D eigenvalue weighted by molar-refractivity contribution is 6.33. The Morgan fingerprint density at radius 3 is 2.80 bits per heavy atom. The molecule has 2 aromatic carbocycles. The monoisotopic (exact) mass is 426 g/mol. The Balaban J connectivity index is 1.43. The molecule has 3 aromatic rings. The molecule has 1 unspecified atom stereocenters. The molecule has 156 valence electrons. The quantitative estimate of drug-likeness (QED) is 0.644. The van der Waals surface area contributed by atoms with E-state index in [1.165, 1.54) is 0 Å². The molecule has 30 heavy (non-hydrogen) atoms. The Morgan fingerprint density at radius 2 is 2.07 bits per heavy atom. The molecular formula is C22H23ClN4O3. The lowest BCUT2D eigenvalue weighted by Gasteiger charge is -2.30. The van der Waals surface area contributed by atoms with Crippen molar-refractivity contribution >= 4 is 29.2 Å². The summed E-state index contributed by atoms with van der Waals surface area (Å²) in [6.45, 7) is 3.24. The predicted molar refractivity (Wildman–Crippen MR) is 116 cm³/mol. The van der Waals surface area contributed by atoms with Gasteiger partial charge >= 0.3 is 6.01 Å². The minimum atomic E-state index is -0.188. The SMILES string of the molecule is COc1ccc(-c2noc(N3CCCC(C(=O)Nc4ccc(C)cc4Cl)C3)n2)cc1. The molecule has 1 saturated heterocycles. The minimum Gasteiger partial charge on any atom is -0.497 e. The molecule has 1 amide bonds. The maximum absolute atomic E-state index is 12.8. The summed E-state index contributed by atoms with van der Waals surface area (Å²) in [6, 6.07) is 13.5. The molecule has 8 heteroatoms. The first-order valence-corrected chi connectivity index (χ1v) is 10.2. The van der Waals surface area contributed by atoms with E-state index in [2.05, 4.69) is 15.5 Å². The van der Waals surface area contributed by atoms with E-state index in [-0.39, 0.29) is 11.8 Å². The Morgan fingerprint density at radius 1 is 1.27 bits per heavy atom. The van der Waals surface area contributed by atoms with E-state index < -0.39 is 0 Å². The number of aryl methyl sites for hydroxylation is 1. The van der Waals surface area contributed by atoms with Crippen molar-refractivity contribution in [2.24, 2.45) is 5.92 Å².